The Morgan fingerprint density at radius 2 is 1.89 bits per heavy atom. The standard InChI is InChI=1S/C12H23NO4S/c1-9(11(14)17-5)8-18(15,16)13(4)10(2)12(3)6-7-12/h9-10H,6-8H2,1-5H3. The quantitative estimate of drug-likeness (QED) is 0.685. The van der Waals surface area contributed by atoms with Crippen molar-refractivity contribution in [1.29, 1.82) is 0 Å². The zero-order chi connectivity index (χ0) is 14.1. The fourth-order valence-electron chi connectivity index (χ4n) is 2.00. The molecule has 0 spiro atoms. The number of hydrogen-bond acceptors (Lipinski definition) is 4. The molecule has 2 unspecified atom stereocenters. The monoisotopic (exact) mass is 277 g/mol. The molecule has 0 bridgehead atoms. The number of ether oxygens (including phenoxy) is 1. The van der Waals surface area contributed by atoms with Crippen molar-refractivity contribution in [3.63, 3.8) is 0 Å². The minimum Gasteiger partial charge on any atom is -0.469 e. The summed E-state index contributed by atoms with van der Waals surface area (Å²) < 4.78 is 30.3. The third-order valence-corrected chi connectivity index (χ3v) is 6.21. The Balaban J connectivity index is 2.71. The van der Waals surface area contributed by atoms with Gasteiger partial charge in [-0.1, -0.05) is 13.8 Å². The molecule has 0 aliphatic heterocycles. The molecule has 0 aromatic rings. The van der Waals surface area contributed by atoms with Crippen LogP contribution >= 0.6 is 0 Å². The van der Waals surface area contributed by atoms with E-state index < -0.39 is 21.9 Å². The van der Waals surface area contributed by atoms with Crippen molar-refractivity contribution in [3.8, 4) is 0 Å². The van der Waals surface area contributed by atoms with Crippen molar-refractivity contribution >= 4 is 16.0 Å². The molecule has 1 fully saturated rings. The first kappa shape index (κ1) is 15.4. The highest BCUT2D eigenvalue weighted by atomic mass is 32.2. The van der Waals surface area contributed by atoms with Crippen molar-refractivity contribution in [2.24, 2.45) is 11.3 Å². The van der Waals surface area contributed by atoms with Crippen LogP contribution in [0.2, 0.25) is 0 Å². The van der Waals surface area contributed by atoms with E-state index in [0.717, 1.165) is 12.8 Å². The molecule has 0 aromatic heterocycles. The molecule has 0 amide bonds. The maximum Gasteiger partial charge on any atom is 0.309 e. The second-order valence-corrected chi connectivity index (χ2v) is 7.62. The lowest BCUT2D eigenvalue weighted by Crippen LogP contribution is -2.42. The number of rotatable bonds is 6. The summed E-state index contributed by atoms with van der Waals surface area (Å²) in [6, 6.07) is -0.0349. The number of carbonyl (C=O) groups is 1. The van der Waals surface area contributed by atoms with E-state index in [1.165, 1.54) is 11.4 Å². The molecule has 6 heteroatoms. The second-order valence-electron chi connectivity index (χ2n) is 5.55. The highest BCUT2D eigenvalue weighted by Gasteiger charge is 2.46. The highest BCUT2D eigenvalue weighted by molar-refractivity contribution is 7.89. The van der Waals surface area contributed by atoms with Gasteiger partial charge in [-0.2, -0.15) is 0 Å². The molecular weight excluding hydrogens is 254 g/mol. The Labute approximate surface area is 110 Å². The van der Waals surface area contributed by atoms with Gasteiger partial charge in [0.15, 0.2) is 0 Å². The van der Waals surface area contributed by atoms with Crippen molar-refractivity contribution in [1.82, 2.24) is 4.31 Å². The summed E-state index contributed by atoms with van der Waals surface area (Å²) >= 11 is 0. The summed E-state index contributed by atoms with van der Waals surface area (Å²) in [6.07, 6.45) is 2.11. The summed E-state index contributed by atoms with van der Waals surface area (Å²) in [7, 11) is -0.567. The Morgan fingerprint density at radius 3 is 2.28 bits per heavy atom. The average Bonchev–Trinajstić information content (AvgIpc) is 3.04. The highest BCUT2D eigenvalue weighted by Crippen LogP contribution is 2.50. The van der Waals surface area contributed by atoms with E-state index in [4.69, 9.17) is 0 Å². The van der Waals surface area contributed by atoms with E-state index in [2.05, 4.69) is 11.7 Å². The Morgan fingerprint density at radius 1 is 1.39 bits per heavy atom. The van der Waals surface area contributed by atoms with Crippen LogP contribution in [-0.4, -0.2) is 44.6 Å². The van der Waals surface area contributed by atoms with Crippen molar-refractivity contribution in [3.05, 3.63) is 0 Å². The predicted molar refractivity (Wildman–Crippen MR) is 69.5 cm³/mol. The molecule has 0 saturated heterocycles. The maximum absolute atomic E-state index is 12.2. The third-order valence-electron chi connectivity index (χ3n) is 4.10. The fourth-order valence-corrected chi connectivity index (χ4v) is 3.74. The van der Waals surface area contributed by atoms with Gasteiger partial charge in [-0.3, -0.25) is 4.79 Å². The minimum absolute atomic E-state index is 0.0349. The van der Waals surface area contributed by atoms with Gasteiger partial charge in [0.05, 0.1) is 18.8 Å². The molecule has 1 aliphatic rings. The van der Waals surface area contributed by atoms with Crippen LogP contribution in [0.1, 0.15) is 33.6 Å². The van der Waals surface area contributed by atoms with Crippen molar-refractivity contribution < 1.29 is 17.9 Å². The molecule has 1 aliphatic carbocycles. The summed E-state index contributed by atoms with van der Waals surface area (Å²) in [5, 5.41) is 0. The second kappa shape index (κ2) is 5.17. The number of sulfonamides is 1. The molecule has 106 valence electrons. The fraction of sp³-hybridized carbons (Fsp3) is 0.917. The molecule has 5 nitrogen and oxygen atoms in total. The van der Waals surface area contributed by atoms with Crippen LogP contribution < -0.4 is 0 Å². The Bertz CT molecular complexity index is 414. The molecule has 1 rings (SSSR count). The molecule has 2 atom stereocenters. The van der Waals surface area contributed by atoms with E-state index in [0.29, 0.717) is 0 Å². The number of methoxy groups -OCH3 is 1. The van der Waals surface area contributed by atoms with Crippen LogP contribution in [-0.2, 0) is 19.6 Å². The Hall–Kier alpha value is -0.620. The van der Waals surface area contributed by atoms with Crippen LogP contribution in [0.15, 0.2) is 0 Å². The van der Waals surface area contributed by atoms with Gasteiger partial charge in [0.25, 0.3) is 0 Å². The summed E-state index contributed by atoms with van der Waals surface area (Å²) in [6.45, 7) is 5.58. The van der Waals surface area contributed by atoms with Crippen LogP contribution in [0.4, 0.5) is 0 Å². The van der Waals surface area contributed by atoms with E-state index >= 15 is 0 Å². The van der Waals surface area contributed by atoms with Gasteiger partial charge >= 0.3 is 5.97 Å². The largest absolute Gasteiger partial charge is 0.469 e. The molecule has 0 N–H and O–H groups in total. The number of esters is 1. The van der Waals surface area contributed by atoms with E-state index in [1.54, 1.807) is 14.0 Å². The van der Waals surface area contributed by atoms with Crippen LogP contribution in [0.5, 0.6) is 0 Å². The first-order chi connectivity index (χ1) is 8.14. The number of carbonyl (C=O) groups excluding carboxylic acids is 1. The molecular formula is C12H23NO4S. The summed E-state index contributed by atoms with van der Waals surface area (Å²) in [5.74, 6) is -1.32. The topological polar surface area (TPSA) is 63.7 Å². The van der Waals surface area contributed by atoms with E-state index in [9.17, 15) is 13.2 Å². The zero-order valence-corrected chi connectivity index (χ0v) is 12.6. The lowest BCUT2D eigenvalue weighted by molar-refractivity contribution is -0.144. The average molecular weight is 277 g/mol. The van der Waals surface area contributed by atoms with Crippen LogP contribution in [0, 0.1) is 11.3 Å². The molecule has 0 heterocycles. The zero-order valence-electron chi connectivity index (χ0n) is 11.8. The molecule has 0 aromatic carbocycles. The van der Waals surface area contributed by atoms with E-state index in [1.807, 2.05) is 6.92 Å². The number of hydrogen-bond donors (Lipinski definition) is 0. The lowest BCUT2D eigenvalue weighted by Gasteiger charge is -2.29. The smallest absolute Gasteiger partial charge is 0.309 e. The van der Waals surface area contributed by atoms with Gasteiger partial charge in [-0.15, -0.1) is 0 Å². The summed E-state index contributed by atoms with van der Waals surface area (Å²) in [4.78, 5) is 11.3. The van der Waals surface area contributed by atoms with Crippen molar-refractivity contribution in [2.45, 2.75) is 39.7 Å². The van der Waals surface area contributed by atoms with Crippen LogP contribution in [0.25, 0.3) is 0 Å². The lowest BCUT2D eigenvalue weighted by atomic mass is 10.0. The van der Waals surface area contributed by atoms with Gasteiger partial charge in [0, 0.05) is 13.1 Å². The maximum atomic E-state index is 12.2. The van der Waals surface area contributed by atoms with Gasteiger partial charge in [0.2, 0.25) is 10.0 Å². The predicted octanol–water partition coefficient (Wildman–Crippen LogP) is 1.25. The normalized spacial score (nSPS) is 21.4. The Kier molecular flexibility index (Phi) is 4.43. The molecule has 18 heavy (non-hydrogen) atoms. The van der Waals surface area contributed by atoms with Gasteiger partial charge < -0.3 is 4.74 Å². The first-order valence-electron chi connectivity index (χ1n) is 6.17. The SMILES string of the molecule is COC(=O)C(C)CS(=O)(=O)N(C)C(C)C1(C)CC1. The van der Waals surface area contributed by atoms with Gasteiger partial charge in [-0.05, 0) is 25.2 Å². The first-order valence-corrected chi connectivity index (χ1v) is 7.78. The van der Waals surface area contributed by atoms with Gasteiger partial charge in [0.1, 0.15) is 0 Å². The molecule has 1 saturated carbocycles. The minimum atomic E-state index is -3.42. The number of nitrogens with zero attached hydrogens (tertiary/aromatic N) is 1. The van der Waals surface area contributed by atoms with Crippen molar-refractivity contribution in [2.75, 3.05) is 19.9 Å². The van der Waals surface area contributed by atoms with E-state index in [-0.39, 0.29) is 17.2 Å². The van der Waals surface area contributed by atoms with Gasteiger partial charge in [-0.25, -0.2) is 12.7 Å². The third kappa shape index (κ3) is 3.23. The summed E-state index contributed by atoms with van der Waals surface area (Å²) in [5.41, 5.74) is 0.0936. The van der Waals surface area contributed by atoms with Crippen LogP contribution in [0.3, 0.4) is 0 Å². The molecule has 0 radical (unpaired) electrons.